The van der Waals surface area contributed by atoms with Gasteiger partial charge in [-0.25, -0.2) is 0 Å². The van der Waals surface area contributed by atoms with Crippen LogP contribution in [-0.2, 0) is 35.4 Å². The minimum Gasteiger partial charge on any atom is -0.555 e. The maximum atomic E-state index is 13.8. The Kier molecular flexibility index (Phi) is 10.9. The smallest absolute Gasteiger partial charge is 0.384 e. The van der Waals surface area contributed by atoms with E-state index in [1.165, 1.54) is 24.2 Å². The Morgan fingerprint density at radius 3 is 2.40 bits per heavy atom. The Hall–Kier alpha value is -5.71. The second kappa shape index (κ2) is 16.2. The van der Waals surface area contributed by atoms with Crippen molar-refractivity contribution in [3.05, 3.63) is 143 Å². The molecular formula is C37H37BN7O3. The van der Waals surface area contributed by atoms with Crippen LogP contribution < -0.4 is 15.4 Å². The quantitative estimate of drug-likeness (QED) is 0.0698. The van der Waals surface area contributed by atoms with Crippen molar-refractivity contribution >= 4 is 31.3 Å². The number of rotatable bonds is 17. The van der Waals surface area contributed by atoms with E-state index in [-0.39, 0.29) is 11.9 Å². The third kappa shape index (κ3) is 8.97. The van der Waals surface area contributed by atoms with Gasteiger partial charge in [0.1, 0.15) is 18.8 Å². The lowest BCUT2D eigenvalue weighted by atomic mass is 9.75. The molecule has 5 aromatic rings. The molecule has 4 aromatic carbocycles. The van der Waals surface area contributed by atoms with Crippen LogP contribution in [0.3, 0.4) is 0 Å². The van der Waals surface area contributed by atoms with Gasteiger partial charge in [0.15, 0.2) is 0 Å². The van der Waals surface area contributed by atoms with Gasteiger partial charge in [0.2, 0.25) is 5.91 Å². The van der Waals surface area contributed by atoms with Crippen molar-refractivity contribution in [1.82, 2.24) is 25.5 Å². The number of allylic oxidation sites excluding steroid dienone is 1. The van der Waals surface area contributed by atoms with Gasteiger partial charge in [-0.2, -0.15) is 4.80 Å². The fraction of sp³-hybridized carbons (Fsp3) is 0.216. The summed E-state index contributed by atoms with van der Waals surface area (Å²) in [6.07, 6.45) is 4.91. The number of ether oxygens (including phenoxy) is 1. The van der Waals surface area contributed by atoms with Crippen molar-refractivity contribution in [3.63, 3.8) is 0 Å². The minimum absolute atomic E-state index is 0.208. The average Bonchev–Trinajstić information content (AvgIpc) is 3.76. The number of tetrazole rings is 1. The summed E-state index contributed by atoms with van der Waals surface area (Å²) in [5, 5.41) is 26.8. The van der Waals surface area contributed by atoms with Gasteiger partial charge in [0.05, 0.1) is 18.4 Å². The molecule has 1 amide bonds. The lowest BCUT2D eigenvalue weighted by Crippen LogP contribution is -2.43. The number of carbonyl (C=O) groups is 1. The summed E-state index contributed by atoms with van der Waals surface area (Å²) >= 11 is 0. The number of benzene rings is 4. The fourth-order valence-electron chi connectivity index (χ4n) is 5.69. The molecule has 1 aromatic heterocycles. The van der Waals surface area contributed by atoms with E-state index in [4.69, 9.17) is 14.8 Å². The van der Waals surface area contributed by atoms with Gasteiger partial charge >= 0.3 is 7.48 Å². The second-order valence-electron chi connectivity index (χ2n) is 11.6. The number of nitrogens with zero attached hydrogens (tertiary/aromatic N) is 4. The number of hydrogen-bond donors (Lipinski definition) is 3. The number of aromatic nitrogens is 4. The van der Waals surface area contributed by atoms with Crippen LogP contribution in [0.25, 0.3) is 5.57 Å². The summed E-state index contributed by atoms with van der Waals surface area (Å²) in [4.78, 5) is 15.4. The van der Waals surface area contributed by atoms with Crippen LogP contribution in [0.15, 0.2) is 115 Å². The molecular weight excluding hydrogens is 601 g/mol. The zero-order valence-corrected chi connectivity index (χ0v) is 26.5. The average molecular weight is 639 g/mol. The van der Waals surface area contributed by atoms with Crippen molar-refractivity contribution < 1.29 is 14.2 Å². The van der Waals surface area contributed by atoms with Crippen molar-refractivity contribution in [2.45, 2.75) is 44.3 Å². The molecule has 0 spiro atoms. The highest BCUT2D eigenvalue weighted by Crippen LogP contribution is 2.31. The summed E-state index contributed by atoms with van der Waals surface area (Å²) in [5.74, 6) is 0.283. The molecule has 0 fully saturated rings. The van der Waals surface area contributed by atoms with Crippen molar-refractivity contribution in [3.8, 4) is 5.75 Å². The van der Waals surface area contributed by atoms with Gasteiger partial charge in [-0.3, -0.25) is 10.2 Å². The molecule has 48 heavy (non-hydrogen) atoms. The van der Waals surface area contributed by atoms with Crippen molar-refractivity contribution in [1.29, 1.82) is 5.41 Å². The molecule has 10 nitrogen and oxygen atoms in total. The van der Waals surface area contributed by atoms with E-state index in [2.05, 4.69) is 44.3 Å². The van der Waals surface area contributed by atoms with E-state index in [9.17, 15) is 4.79 Å². The number of nitrogens with one attached hydrogen (secondary N) is 3. The van der Waals surface area contributed by atoms with Crippen LogP contribution in [0, 0.1) is 5.41 Å². The molecule has 11 heteroatoms. The summed E-state index contributed by atoms with van der Waals surface area (Å²) in [7, 11) is 1.41. The first-order valence-electron chi connectivity index (χ1n) is 16.0. The molecule has 0 saturated heterocycles. The number of anilines is 1. The van der Waals surface area contributed by atoms with E-state index >= 15 is 0 Å². The monoisotopic (exact) mass is 638 g/mol. The van der Waals surface area contributed by atoms with E-state index in [1.807, 2.05) is 97.1 Å². The first kappa shape index (κ1) is 32.2. The fourth-order valence-corrected chi connectivity index (χ4v) is 5.69. The molecule has 1 aliphatic rings. The summed E-state index contributed by atoms with van der Waals surface area (Å²) in [6, 6.07) is 35.7. The molecule has 0 saturated carbocycles. The zero-order valence-electron chi connectivity index (χ0n) is 26.5. The van der Waals surface area contributed by atoms with Crippen LogP contribution in [0.2, 0.25) is 5.82 Å². The van der Waals surface area contributed by atoms with Crippen molar-refractivity contribution in [2.75, 3.05) is 11.9 Å². The van der Waals surface area contributed by atoms with Gasteiger partial charge < -0.3 is 20.0 Å². The Balaban J connectivity index is 1.11. The lowest BCUT2D eigenvalue weighted by Gasteiger charge is -2.23. The minimum atomic E-state index is -0.639. The maximum absolute atomic E-state index is 13.8. The van der Waals surface area contributed by atoms with Crippen LogP contribution in [0.5, 0.6) is 5.75 Å². The summed E-state index contributed by atoms with van der Waals surface area (Å²) in [6.45, 7) is 1.36. The van der Waals surface area contributed by atoms with E-state index in [0.717, 1.165) is 35.3 Å². The number of hydrogen-bond acceptors (Lipinski definition) is 8. The topological polar surface area (TPSA) is 127 Å². The Labute approximate surface area is 281 Å². The van der Waals surface area contributed by atoms with Crippen LogP contribution in [0.1, 0.15) is 34.2 Å². The van der Waals surface area contributed by atoms with Gasteiger partial charge in [-0.05, 0) is 70.0 Å². The van der Waals surface area contributed by atoms with E-state index in [1.54, 1.807) is 4.80 Å². The third-order valence-electron chi connectivity index (χ3n) is 8.15. The SMILES string of the molecule is N=CO[B][C@@H](Cc1ccc(OCc2ccccc2)cc1)C(=O)N[C@H](CNc1nnn(Cc2ccccc2)n1)CC1=CCc2ccccc21. The highest BCUT2D eigenvalue weighted by molar-refractivity contribution is 6.39. The normalized spacial score (nSPS) is 13.0. The van der Waals surface area contributed by atoms with Gasteiger partial charge in [0.25, 0.3) is 5.95 Å². The number of carbonyl (C=O) groups excluding carboxylic acids is 1. The third-order valence-corrected chi connectivity index (χ3v) is 8.15. The van der Waals surface area contributed by atoms with Gasteiger partial charge in [-0.1, -0.05) is 108 Å². The molecule has 0 unspecified atom stereocenters. The largest absolute Gasteiger partial charge is 0.555 e. The molecule has 1 heterocycles. The van der Waals surface area contributed by atoms with Crippen LogP contribution >= 0.6 is 0 Å². The second-order valence-corrected chi connectivity index (χ2v) is 11.6. The molecule has 2 atom stereocenters. The molecule has 241 valence electrons. The lowest BCUT2D eigenvalue weighted by molar-refractivity contribution is -0.121. The molecule has 1 radical (unpaired) electrons. The summed E-state index contributed by atoms with van der Waals surface area (Å²) < 4.78 is 11.1. The Morgan fingerprint density at radius 1 is 0.896 bits per heavy atom. The molecule has 3 N–H and O–H groups in total. The first-order chi connectivity index (χ1) is 23.6. The predicted octanol–water partition coefficient (Wildman–Crippen LogP) is 5.50. The maximum Gasteiger partial charge on any atom is 0.384 e. The molecule has 0 aliphatic heterocycles. The van der Waals surface area contributed by atoms with Gasteiger partial charge in [-0.15, -0.1) is 5.10 Å². The Bertz CT molecular complexity index is 1810. The van der Waals surface area contributed by atoms with Crippen molar-refractivity contribution in [2.24, 2.45) is 0 Å². The molecule has 6 rings (SSSR count). The zero-order chi connectivity index (χ0) is 33.0. The summed E-state index contributed by atoms with van der Waals surface area (Å²) in [5.41, 5.74) is 6.76. The predicted molar refractivity (Wildman–Crippen MR) is 187 cm³/mol. The highest BCUT2D eigenvalue weighted by atomic mass is 16.5. The number of amides is 1. The standard InChI is InChI=1S/C37H37BN7O3/c39-26-48-38-35(21-27-15-19-33(20-16-27)47-25-29-11-5-2-6-12-29)36(46)41-32(22-31-18-17-30-13-7-8-14-34(30)31)23-40-37-42-44-45(43-37)24-28-9-3-1-4-10-28/h1-16,18-20,26,32,35,39H,17,21-25H2,(H,40,43)(H,41,46)/t32-,35-/m0/s1. The highest BCUT2D eigenvalue weighted by Gasteiger charge is 2.27. The van der Waals surface area contributed by atoms with Gasteiger partial charge in [0, 0.05) is 6.54 Å². The first-order valence-corrected chi connectivity index (χ1v) is 16.0. The number of fused-ring (bicyclic) bond motifs is 1. The van der Waals surface area contributed by atoms with E-state index in [0.29, 0.717) is 38.5 Å². The van der Waals surface area contributed by atoms with E-state index < -0.39 is 5.82 Å². The van der Waals surface area contributed by atoms with Crippen LogP contribution in [-0.4, -0.2) is 52.6 Å². The molecule has 0 bridgehead atoms. The molecule has 1 aliphatic carbocycles. The van der Waals surface area contributed by atoms with Crippen LogP contribution in [0.4, 0.5) is 5.95 Å². The Morgan fingerprint density at radius 2 is 1.62 bits per heavy atom.